The quantitative estimate of drug-likeness (QED) is 0.798. The summed E-state index contributed by atoms with van der Waals surface area (Å²) >= 11 is 0. The van der Waals surface area contributed by atoms with Gasteiger partial charge in [-0.1, -0.05) is 0 Å². The van der Waals surface area contributed by atoms with E-state index in [0.717, 1.165) is 43.1 Å². The van der Waals surface area contributed by atoms with Crippen molar-refractivity contribution in [1.82, 2.24) is 5.32 Å². The smallest absolute Gasteiger partial charge is 0.164 e. The van der Waals surface area contributed by atoms with Gasteiger partial charge < -0.3 is 24.3 Å². The molecule has 0 spiro atoms. The maximum atomic E-state index is 5.57. The molecular formula is C16H25NO4. The fraction of sp³-hybridized carbons (Fsp3) is 0.625. The molecule has 5 nitrogen and oxygen atoms in total. The van der Waals surface area contributed by atoms with Gasteiger partial charge in [-0.2, -0.15) is 0 Å². The van der Waals surface area contributed by atoms with Gasteiger partial charge in [0.15, 0.2) is 11.5 Å². The zero-order chi connectivity index (χ0) is 15.2. The second kappa shape index (κ2) is 7.52. The van der Waals surface area contributed by atoms with Crippen LogP contribution in [0.25, 0.3) is 0 Å². The minimum atomic E-state index is 0.416. The predicted molar refractivity (Wildman–Crippen MR) is 81.4 cm³/mol. The van der Waals surface area contributed by atoms with Gasteiger partial charge in [0.2, 0.25) is 0 Å². The molecule has 1 N–H and O–H groups in total. The Morgan fingerprint density at radius 3 is 2.19 bits per heavy atom. The summed E-state index contributed by atoms with van der Waals surface area (Å²) in [5.41, 5.74) is 1.06. The summed E-state index contributed by atoms with van der Waals surface area (Å²) in [6, 6.07) is 4.34. The topological polar surface area (TPSA) is 49.0 Å². The molecule has 0 aromatic heterocycles. The maximum Gasteiger partial charge on any atom is 0.164 e. The molecule has 2 rings (SSSR count). The van der Waals surface area contributed by atoms with E-state index in [1.54, 1.807) is 21.3 Å². The highest BCUT2D eigenvalue weighted by molar-refractivity contribution is 5.50. The van der Waals surface area contributed by atoms with Crippen molar-refractivity contribution in [3.63, 3.8) is 0 Å². The van der Waals surface area contributed by atoms with E-state index in [1.165, 1.54) is 0 Å². The Balaban J connectivity index is 1.96. The molecule has 1 fully saturated rings. The minimum Gasteiger partial charge on any atom is -0.496 e. The van der Waals surface area contributed by atoms with Crippen LogP contribution in [0, 0.1) is 0 Å². The summed E-state index contributed by atoms with van der Waals surface area (Å²) in [4.78, 5) is 0. The summed E-state index contributed by atoms with van der Waals surface area (Å²) in [6.07, 6.45) is 2.56. The first-order valence-electron chi connectivity index (χ1n) is 7.35. The van der Waals surface area contributed by atoms with Crippen molar-refractivity contribution in [3.05, 3.63) is 17.7 Å². The zero-order valence-electron chi connectivity index (χ0n) is 13.3. The Hall–Kier alpha value is -1.46. The van der Waals surface area contributed by atoms with E-state index in [9.17, 15) is 0 Å². The second-order valence-corrected chi connectivity index (χ2v) is 5.15. The van der Waals surface area contributed by atoms with Gasteiger partial charge in [-0.3, -0.25) is 0 Å². The molecule has 1 saturated carbocycles. The molecule has 0 bridgehead atoms. The highest BCUT2D eigenvalue weighted by Gasteiger charge is 2.29. The van der Waals surface area contributed by atoms with Gasteiger partial charge >= 0.3 is 0 Å². The zero-order valence-corrected chi connectivity index (χ0v) is 13.3. The first-order valence-corrected chi connectivity index (χ1v) is 7.35. The Kier molecular flexibility index (Phi) is 5.70. The Morgan fingerprint density at radius 1 is 1.00 bits per heavy atom. The molecule has 21 heavy (non-hydrogen) atoms. The molecule has 0 atom stereocenters. The van der Waals surface area contributed by atoms with Crippen molar-refractivity contribution < 1.29 is 18.9 Å². The van der Waals surface area contributed by atoms with Crippen molar-refractivity contribution in [2.45, 2.75) is 38.5 Å². The largest absolute Gasteiger partial charge is 0.496 e. The highest BCUT2D eigenvalue weighted by atomic mass is 16.5. The monoisotopic (exact) mass is 295 g/mol. The number of rotatable bonds is 8. The average molecular weight is 295 g/mol. The summed E-state index contributed by atoms with van der Waals surface area (Å²) < 4.78 is 21.6. The fourth-order valence-electron chi connectivity index (χ4n) is 2.59. The molecule has 1 aliphatic carbocycles. The van der Waals surface area contributed by atoms with E-state index in [-0.39, 0.29) is 0 Å². The number of hydrogen-bond donors (Lipinski definition) is 1. The first-order chi connectivity index (χ1) is 10.2. The molecule has 0 saturated heterocycles. The average Bonchev–Trinajstić information content (AvgIpc) is 2.48. The van der Waals surface area contributed by atoms with Gasteiger partial charge in [-0.05, 0) is 25.8 Å². The normalized spacial score (nSPS) is 20.8. The van der Waals surface area contributed by atoms with Gasteiger partial charge in [0.05, 0.1) is 27.4 Å². The molecule has 0 heterocycles. The van der Waals surface area contributed by atoms with Crippen LogP contribution in [-0.2, 0) is 11.3 Å². The second-order valence-electron chi connectivity index (χ2n) is 5.15. The first kappa shape index (κ1) is 15.9. The van der Waals surface area contributed by atoms with Crippen molar-refractivity contribution in [1.29, 1.82) is 0 Å². The molecule has 0 amide bonds. The van der Waals surface area contributed by atoms with E-state index in [4.69, 9.17) is 18.9 Å². The van der Waals surface area contributed by atoms with Crippen LogP contribution in [0.1, 0.15) is 25.3 Å². The number of hydrogen-bond acceptors (Lipinski definition) is 5. The van der Waals surface area contributed by atoms with E-state index in [0.29, 0.717) is 17.9 Å². The summed E-state index contributed by atoms with van der Waals surface area (Å²) in [5.74, 6) is 2.20. The van der Waals surface area contributed by atoms with Crippen LogP contribution >= 0.6 is 0 Å². The van der Waals surface area contributed by atoms with Crippen LogP contribution in [-0.4, -0.2) is 40.1 Å². The summed E-state index contributed by atoms with van der Waals surface area (Å²) in [6.45, 7) is 3.57. The third-order valence-electron chi connectivity index (χ3n) is 3.86. The highest BCUT2D eigenvalue weighted by Crippen LogP contribution is 2.35. The van der Waals surface area contributed by atoms with Crippen molar-refractivity contribution in [2.75, 3.05) is 27.9 Å². The Morgan fingerprint density at radius 2 is 1.62 bits per heavy atom. The summed E-state index contributed by atoms with van der Waals surface area (Å²) in [5, 5.41) is 3.53. The molecule has 1 aromatic carbocycles. The number of benzene rings is 1. The maximum absolute atomic E-state index is 5.57. The predicted octanol–water partition coefficient (Wildman–Crippen LogP) is 2.37. The lowest BCUT2D eigenvalue weighted by molar-refractivity contribution is -0.0102. The Bertz CT molecular complexity index is 458. The van der Waals surface area contributed by atoms with Gasteiger partial charge in [0, 0.05) is 30.8 Å². The van der Waals surface area contributed by atoms with Crippen molar-refractivity contribution >= 4 is 0 Å². The van der Waals surface area contributed by atoms with Crippen LogP contribution in [0.4, 0.5) is 0 Å². The van der Waals surface area contributed by atoms with Gasteiger partial charge in [0.1, 0.15) is 5.75 Å². The van der Waals surface area contributed by atoms with Crippen LogP contribution in [0.5, 0.6) is 17.2 Å². The van der Waals surface area contributed by atoms with Crippen molar-refractivity contribution in [3.8, 4) is 17.2 Å². The third-order valence-corrected chi connectivity index (χ3v) is 3.86. The van der Waals surface area contributed by atoms with Crippen LogP contribution in [0.2, 0.25) is 0 Å². The van der Waals surface area contributed by atoms with E-state index < -0.39 is 0 Å². The molecule has 0 aliphatic heterocycles. The van der Waals surface area contributed by atoms with Crippen LogP contribution < -0.4 is 19.5 Å². The van der Waals surface area contributed by atoms with Gasteiger partial charge in [-0.25, -0.2) is 0 Å². The SMILES string of the molecule is CCOC1CC(NCc2cc(OC)c(OC)cc2OC)C1. The summed E-state index contributed by atoms with van der Waals surface area (Å²) in [7, 11) is 4.93. The van der Waals surface area contributed by atoms with Crippen molar-refractivity contribution in [2.24, 2.45) is 0 Å². The van der Waals surface area contributed by atoms with Gasteiger partial charge in [-0.15, -0.1) is 0 Å². The minimum absolute atomic E-state index is 0.416. The Labute approximate surface area is 126 Å². The standard InChI is InChI=1S/C16H25NO4/c1-5-21-13-7-12(8-13)17-10-11-6-15(19-3)16(20-4)9-14(11)18-2/h6,9,12-13,17H,5,7-8,10H2,1-4H3. The fourth-order valence-corrected chi connectivity index (χ4v) is 2.59. The van der Waals surface area contributed by atoms with Crippen LogP contribution in [0.15, 0.2) is 12.1 Å². The molecular weight excluding hydrogens is 270 g/mol. The molecule has 0 radical (unpaired) electrons. The lowest BCUT2D eigenvalue weighted by atomic mass is 9.89. The number of ether oxygens (including phenoxy) is 4. The lowest BCUT2D eigenvalue weighted by Gasteiger charge is -2.35. The van der Waals surface area contributed by atoms with E-state index >= 15 is 0 Å². The lowest BCUT2D eigenvalue weighted by Crippen LogP contribution is -2.45. The van der Waals surface area contributed by atoms with Crippen LogP contribution in [0.3, 0.4) is 0 Å². The van der Waals surface area contributed by atoms with E-state index in [2.05, 4.69) is 5.32 Å². The molecule has 118 valence electrons. The van der Waals surface area contributed by atoms with Gasteiger partial charge in [0.25, 0.3) is 0 Å². The number of nitrogens with one attached hydrogen (secondary N) is 1. The molecule has 5 heteroatoms. The molecule has 1 aromatic rings. The van der Waals surface area contributed by atoms with E-state index in [1.807, 2.05) is 19.1 Å². The molecule has 0 unspecified atom stereocenters. The number of methoxy groups -OCH3 is 3. The third kappa shape index (κ3) is 3.80. The molecule has 1 aliphatic rings.